The summed E-state index contributed by atoms with van der Waals surface area (Å²) in [6.07, 6.45) is 3.68. The van der Waals surface area contributed by atoms with E-state index in [0.29, 0.717) is 26.1 Å². The van der Waals surface area contributed by atoms with Gasteiger partial charge in [-0.05, 0) is 31.3 Å². The van der Waals surface area contributed by atoms with E-state index in [0.717, 1.165) is 11.5 Å². The Morgan fingerprint density at radius 3 is 2.16 bits per heavy atom. The second-order valence-corrected chi connectivity index (χ2v) is 4.26. The quantitative estimate of drug-likeness (QED) is 0.829. The molecule has 0 saturated heterocycles. The second kappa shape index (κ2) is 6.80. The molecule has 1 N–H and O–H groups in total. The van der Waals surface area contributed by atoms with Crippen LogP contribution in [0, 0.1) is 0 Å². The fourth-order valence-corrected chi connectivity index (χ4v) is 1.80. The number of amides is 1. The van der Waals surface area contributed by atoms with Crippen LogP contribution >= 0.6 is 0 Å². The number of carbonyl (C=O) groups excluding carboxylic acids is 1. The highest BCUT2D eigenvalue weighted by Crippen LogP contribution is 2.12. The lowest BCUT2D eigenvalue weighted by Crippen LogP contribution is -2.31. The van der Waals surface area contributed by atoms with Gasteiger partial charge in [-0.1, -0.05) is 0 Å². The molecule has 0 radical (unpaired) electrons. The third kappa shape index (κ3) is 3.99. The van der Waals surface area contributed by atoms with Crippen molar-refractivity contribution in [2.45, 2.75) is 19.5 Å². The Kier molecular flexibility index (Phi) is 4.80. The minimum Gasteiger partial charge on any atom is -0.467 e. The molecule has 102 valence electrons. The molecule has 2 heterocycles. The van der Waals surface area contributed by atoms with Crippen molar-refractivity contribution in [3.05, 3.63) is 48.3 Å². The number of nitrogens with one attached hydrogen (secondary N) is 1. The molecule has 5 nitrogen and oxygen atoms in total. The monoisotopic (exact) mass is 262 g/mol. The summed E-state index contributed by atoms with van der Waals surface area (Å²) in [5, 5.41) is 2.98. The van der Waals surface area contributed by atoms with Crippen molar-refractivity contribution >= 4 is 5.91 Å². The highest BCUT2D eigenvalue weighted by molar-refractivity contribution is 5.76. The van der Waals surface area contributed by atoms with Gasteiger partial charge in [0.25, 0.3) is 0 Å². The predicted molar refractivity (Wildman–Crippen MR) is 70.2 cm³/mol. The highest BCUT2D eigenvalue weighted by Gasteiger charge is 2.16. The molecule has 2 aromatic rings. The third-order valence-electron chi connectivity index (χ3n) is 2.80. The Labute approximate surface area is 112 Å². The van der Waals surface area contributed by atoms with Gasteiger partial charge in [0.1, 0.15) is 11.5 Å². The zero-order valence-electron chi connectivity index (χ0n) is 11.0. The first kappa shape index (κ1) is 13.4. The smallest absolute Gasteiger partial charge is 0.224 e. The Bertz CT molecular complexity index is 441. The lowest BCUT2D eigenvalue weighted by molar-refractivity contribution is -0.132. The molecule has 0 unspecified atom stereocenters. The molecule has 1 amide bonds. The van der Waals surface area contributed by atoms with E-state index in [1.807, 2.05) is 31.3 Å². The van der Waals surface area contributed by atoms with Gasteiger partial charge in [-0.15, -0.1) is 0 Å². The Balaban J connectivity index is 2.01. The number of carbonyl (C=O) groups is 1. The Morgan fingerprint density at radius 1 is 1.16 bits per heavy atom. The topological polar surface area (TPSA) is 58.6 Å². The number of rotatable bonds is 7. The second-order valence-electron chi connectivity index (χ2n) is 4.26. The molecule has 0 fully saturated rings. The number of furan rings is 2. The van der Waals surface area contributed by atoms with E-state index in [9.17, 15) is 4.79 Å². The van der Waals surface area contributed by atoms with Gasteiger partial charge in [0, 0.05) is 13.0 Å². The van der Waals surface area contributed by atoms with Crippen LogP contribution in [-0.4, -0.2) is 24.4 Å². The zero-order chi connectivity index (χ0) is 13.5. The molecule has 0 aliphatic heterocycles. The van der Waals surface area contributed by atoms with Crippen LogP contribution in [0.2, 0.25) is 0 Å². The standard InChI is InChI=1S/C14H18N2O3/c1-15-7-6-14(17)16(10-12-4-2-8-18-12)11-13-5-3-9-19-13/h2-5,8-9,15H,6-7,10-11H2,1H3. The lowest BCUT2D eigenvalue weighted by Gasteiger charge is -2.20. The molecule has 2 aromatic heterocycles. The van der Waals surface area contributed by atoms with Gasteiger partial charge in [-0.2, -0.15) is 0 Å². The van der Waals surface area contributed by atoms with Crippen molar-refractivity contribution < 1.29 is 13.6 Å². The molecule has 0 saturated carbocycles. The molecular weight excluding hydrogens is 244 g/mol. The van der Waals surface area contributed by atoms with Crippen molar-refractivity contribution in [2.24, 2.45) is 0 Å². The molecule has 0 aliphatic rings. The van der Waals surface area contributed by atoms with E-state index in [-0.39, 0.29) is 5.91 Å². The molecular formula is C14H18N2O3. The summed E-state index contributed by atoms with van der Waals surface area (Å²) in [6.45, 7) is 1.57. The number of nitrogens with zero attached hydrogens (tertiary/aromatic N) is 1. The average molecular weight is 262 g/mol. The van der Waals surface area contributed by atoms with Crippen molar-refractivity contribution in [1.82, 2.24) is 10.2 Å². The van der Waals surface area contributed by atoms with Crippen molar-refractivity contribution in [3.8, 4) is 0 Å². The molecule has 0 aliphatic carbocycles. The SMILES string of the molecule is CNCCC(=O)N(Cc1ccco1)Cc1ccco1. The van der Waals surface area contributed by atoms with E-state index in [2.05, 4.69) is 5.32 Å². The summed E-state index contributed by atoms with van der Waals surface area (Å²) in [7, 11) is 1.83. The van der Waals surface area contributed by atoms with Crippen molar-refractivity contribution in [3.63, 3.8) is 0 Å². The first-order valence-corrected chi connectivity index (χ1v) is 6.26. The van der Waals surface area contributed by atoms with Crippen LogP contribution in [0.5, 0.6) is 0 Å². The number of hydrogen-bond acceptors (Lipinski definition) is 4. The summed E-state index contributed by atoms with van der Waals surface area (Å²) < 4.78 is 10.6. The van der Waals surface area contributed by atoms with E-state index in [1.54, 1.807) is 17.4 Å². The maximum atomic E-state index is 12.2. The van der Waals surface area contributed by atoms with E-state index in [4.69, 9.17) is 8.83 Å². The first-order chi connectivity index (χ1) is 9.29. The predicted octanol–water partition coefficient (Wildman–Crippen LogP) is 2.01. The lowest BCUT2D eigenvalue weighted by atomic mass is 10.3. The van der Waals surface area contributed by atoms with Gasteiger partial charge in [0.2, 0.25) is 5.91 Å². The molecule has 5 heteroatoms. The van der Waals surface area contributed by atoms with Gasteiger partial charge < -0.3 is 19.1 Å². The van der Waals surface area contributed by atoms with Gasteiger partial charge in [0.15, 0.2) is 0 Å². The summed E-state index contributed by atoms with van der Waals surface area (Å²) in [4.78, 5) is 13.9. The Hall–Kier alpha value is -2.01. The van der Waals surface area contributed by atoms with Crippen molar-refractivity contribution in [1.29, 1.82) is 0 Å². The summed E-state index contributed by atoms with van der Waals surface area (Å²) in [5.74, 6) is 1.61. The number of hydrogen-bond donors (Lipinski definition) is 1. The summed E-state index contributed by atoms with van der Waals surface area (Å²) in [6, 6.07) is 7.36. The average Bonchev–Trinajstić information content (AvgIpc) is 3.08. The fourth-order valence-electron chi connectivity index (χ4n) is 1.80. The van der Waals surface area contributed by atoms with Crippen LogP contribution in [-0.2, 0) is 17.9 Å². The molecule has 0 aromatic carbocycles. The highest BCUT2D eigenvalue weighted by atomic mass is 16.3. The maximum absolute atomic E-state index is 12.2. The largest absolute Gasteiger partial charge is 0.467 e. The van der Waals surface area contributed by atoms with Crippen LogP contribution in [0.4, 0.5) is 0 Å². The minimum absolute atomic E-state index is 0.0714. The van der Waals surface area contributed by atoms with Crippen LogP contribution < -0.4 is 5.32 Å². The fraction of sp³-hybridized carbons (Fsp3) is 0.357. The van der Waals surface area contributed by atoms with Crippen LogP contribution in [0.3, 0.4) is 0 Å². The summed E-state index contributed by atoms with van der Waals surface area (Å²) >= 11 is 0. The van der Waals surface area contributed by atoms with Gasteiger partial charge in [-0.3, -0.25) is 4.79 Å². The maximum Gasteiger partial charge on any atom is 0.224 e. The minimum atomic E-state index is 0.0714. The van der Waals surface area contributed by atoms with Crippen LogP contribution in [0.15, 0.2) is 45.6 Å². The van der Waals surface area contributed by atoms with Crippen LogP contribution in [0.1, 0.15) is 17.9 Å². The Morgan fingerprint density at radius 2 is 1.74 bits per heavy atom. The summed E-state index contributed by atoms with van der Waals surface area (Å²) in [5.41, 5.74) is 0. The molecule has 0 spiro atoms. The first-order valence-electron chi connectivity index (χ1n) is 6.26. The van der Waals surface area contributed by atoms with E-state index in [1.165, 1.54) is 0 Å². The van der Waals surface area contributed by atoms with Crippen LogP contribution in [0.25, 0.3) is 0 Å². The van der Waals surface area contributed by atoms with E-state index < -0.39 is 0 Å². The molecule has 0 atom stereocenters. The zero-order valence-corrected chi connectivity index (χ0v) is 11.0. The van der Waals surface area contributed by atoms with Gasteiger partial charge in [-0.25, -0.2) is 0 Å². The van der Waals surface area contributed by atoms with Crippen molar-refractivity contribution in [2.75, 3.05) is 13.6 Å². The molecule has 0 bridgehead atoms. The third-order valence-corrected chi connectivity index (χ3v) is 2.80. The van der Waals surface area contributed by atoms with E-state index >= 15 is 0 Å². The molecule has 2 rings (SSSR count). The van der Waals surface area contributed by atoms with Gasteiger partial charge in [0.05, 0.1) is 25.6 Å². The molecule has 19 heavy (non-hydrogen) atoms. The normalized spacial score (nSPS) is 10.6. The van der Waals surface area contributed by atoms with Gasteiger partial charge >= 0.3 is 0 Å².